The summed E-state index contributed by atoms with van der Waals surface area (Å²) < 4.78 is 108. The summed E-state index contributed by atoms with van der Waals surface area (Å²) in [5.41, 5.74) is -4.34. The number of carbonyl (C=O) groups is 1. The summed E-state index contributed by atoms with van der Waals surface area (Å²) in [5.74, 6) is -4.94. The minimum Gasteiger partial charge on any atom is -0.459 e. The first kappa shape index (κ1) is 23.7. The molecule has 1 N–H and O–H groups in total. The van der Waals surface area contributed by atoms with Crippen molar-refractivity contribution in [3.8, 4) is 0 Å². The van der Waals surface area contributed by atoms with Crippen LogP contribution < -0.4 is 0 Å². The molecule has 4 aliphatic carbocycles. The number of hydrogen-bond acceptors (Lipinski definition) is 4. The molecular weight excluding hydrogens is 435 g/mol. The van der Waals surface area contributed by atoms with E-state index in [9.17, 15) is 35.2 Å². The van der Waals surface area contributed by atoms with Crippen molar-refractivity contribution in [1.82, 2.24) is 0 Å². The monoisotopic (exact) mass is 462 g/mol. The molecule has 4 aliphatic rings. The maximum atomic E-state index is 14.6. The van der Waals surface area contributed by atoms with Crippen LogP contribution in [0.25, 0.3) is 0 Å². The van der Waals surface area contributed by atoms with Gasteiger partial charge in [-0.15, -0.1) is 0 Å². The van der Waals surface area contributed by atoms with Gasteiger partial charge >= 0.3 is 27.5 Å². The van der Waals surface area contributed by atoms with Crippen LogP contribution in [0.1, 0.15) is 65.7 Å². The standard InChI is InChI=1S/C19H27F5O5S/c1-4-15(2,3)14(25)29-17-8-11-5-12(9-17)7-16(6-11,10-17)13(18(20,21)22)19(23,24)30(26,27)28/h11-13H,4-10H2,1-3H3,(H,26,27,28). The Bertz CT molecular complexity index is 806. The number of ether oxygens (including phenoxy) is 1. The van der Waals surface area contributed by atoms with Gasteiger partial charge in [-0.05, 0) is 76.0 Å². The molecule has 0 heterocycles. The van der Waals surface area contributed by atoms with Gasteiger partial charge in [0.2, 0.25) is 0 Å². The third kappa shape index (κ3) is 3.73. The van der Waals surface area contributed by atoms with E-state index >= 15 is 0 Å². The van der Waals surface area contributed by atoms with Crippen molar-refractivity contribution in [3.63, 3.8) is 0 Å². The first-order valence-electron chi connectivity index (χ1n) is 10.0. The summed E-state index contributed by atoms with van der Waals surface area (Å²) in [6.07, 6.45) is -5.04. The summed E-state index contributed by atoms with van der Waals surface area (Å²) >= 11 is 0. The highest BCUT2D eigenvalue weighted by molar-refractivity contribution is 7.86. The smallest absolute Gasteiger partial charge is 0.399 e. The normalized spacial score (nSPS) is 35.4. The molecule has 4 rings (SSSR count). The Labute approximate surface area is 172 Å². The molecule has 0 radical (unpaired) electrons. The number of alkyl halides is 5. The maximum Gasteiger partial charge on any atom is 0.399 e. The van der Waals surface area contributed by atoms with Crippen molar-refractivity contribution in [2.45, 2.75) is 82.7 Å². The van der Waals surface area contributed by atoms with Crippen LogP contribution in [0, 0.1) is 28.6 Å². The molecule has 0 aromatic rings. The van der Waals surface area contributed by atoms with Gasteiger partial charge in [0.15, 0.2) is 0 Å². The van der Waals surface area contributed by atoms with E-state index in [2.05, 4.69) is 0 Å². The molecule has 0 aromatic heterocycles. The molecule has 0 saturated heterocycles. The lowest BCUT2D eigenvalue weighted by Crippen LogP contribution is -2.65. The SMILES string of the molecule is CCC(C)(C)C(=O)OC12CC3CC(C1)CC(C(C(F)(F)F)C(F)(F)S(=O)(=O)O)(C3)C2. The third-order valence-electron chi connectivity index (χ3n) is 7.42. The van der Waals surface area contributed by atoms with E-state index in [0.717, 1.165) is 0 Å². The highest BCUT2D eigenvalue weighted by Gasteiger charge is 2.75. The quantitative estimate of drug-likeness (QED) is 0.343. The summed E-state index contributed by atoms with van der Waals surface area (Å²) in [5, 5.41) is -5.40. The van der Waals surface area contributed by atoms with E-state index in [1.54, 1.807) is 20.8 Å². The van der Waals surface area contributed by atoms with E-state index in [0.29, 0.717) is 12.8 Å². The Morgan fingerprint density at radius 1 is 1.10 bits per heavy atom. The minimum absolute atomic E-state index is 0.241. The first-order chi connectivity index (χ1) is 13.4. The van der Waals surface area contributed by atoms with Crippen molar-refractivity contribution in [3.05, 3.63) is 0 Å². The summed E-state index contributed by atoms with van der Waals surface area (Å²) in [4.78, 5) is 12.7. The number of carbonyl (C=O) groups excluding carboxylic acids is 1. The largest absolute Gasteiger partial charge is 0.459 e. The van der Waals surface area contributed by atoms with Gasteiger partial charge in [-0.2, -0.15) is 30.4 Å². The van der Waals surface area contributed by atoms with Crippen LogP contribution in [0.2, 0.25) is 0 Å². The predicted molar refractivity (Wildman–Crippen MR) is 96.1 cm³/mol. The van der Waals surface area contributed by atoms with E-state index in [4.69, 9.17) is 9.29 Å². The third-order valence-corrected chi connectivity index (χ3v) is 8.34. The van der Waals surface area contributed by atoms with Gasteiger partial charge in [-0.3, -0.25) is 9.35 Å². The Balaban J connectivity index is 2.06. The van der Waals surface area contributed by atoms with Crippen LogP contribution in [0.4, 0.5) is 22.0 Å². The van der Waals surface area contributed by atoms with Gasteiger partial charge in [0, 0.05) is 0 Å². The van der Waals surface area contributed by atoms with Gasteiger partial charge < -0.3 is 4.74 Å². The Morgan fingerprint density at radius 2 is 1.60 bits per heavy atom. The summed E-state index contributed by atoms with van der Waals surface area (Å²) in [7, 11) is -6.31. The maximum absolute atomic E-state index is 14.6. The highest BCUT2D eigenvalue weighted by atomic mass is 32.2. The minimum atomic E-state index is -6.31. The van der Waals surface area contributed by atoms with E-state index in [1.807, 2.05) is 0 Å². The van der Waals surface area contributed by atoms with Crippen molar-refractivity contribution >= 4 is 16.1 Å². The number of halogens is 5. The molecule has 0 amide bonds. The topological polar surface area (TPSA) is 80.7 Å². The molecular formula is C19H27F5O5S. The molecule has 5 nitrogen and oxygen atoms in total. The van der Waals surface area contributed by atoms with Crippen LogP contribution in [-0.4, -0.2) is 36.0 Å². The molecule has 4 bridgehead atoms. The van der Waals surface area contributed by atoms with Crippen LogP contribution in [0.3, 0.4) is 0 Å². The molecule has 3 atom stereocenters. The Morgan fingerprint density at radius 3 is 2.00 bits per heavy atom. The van der Waals surface area contributed by atoms with Gasteiger partial charge in [-0.1, -0.05) is 6.92 Å². The van der Waals surface area contributed by atoms with E-state index in [1.165, 1.54) is 0 Å². The molecule has 4 fully saturated rings. The second-order valence-corrected chi connectivity index (χ2v) is 11.6. The fourth-order valence-corrected chi connectivity index (χ4v) is 6.91. The second-order valence-electron chi connectivity index (χ2n) is 10.1. The van der Waals surface area contributed by atoms with Crippen molar-refractivity contribution in [1.29, 1.82) is 0 Å². The molecule has 0 spiro atoms. The van der Waals surface area contributed by atoms with Crippen LogP contribution in [0.15, 0.2) is 0 Å². The Kier molecular flexibility index (Phi) is 5.34. The highest BCUT2D eigenvalue weighted by Crippen LogP contribution is 2.69. The fourth-order valence-electron chi connectivity index (χ4n) is 6.23. The zero-order valence-corrected chi connectivity index (χ0v) is 17.9. The first-order valence-corrected chi connectivity index (χ1v) is 11.5. The average molecular weight is 462 g/mol. The molecule has 30 heavy (non-hydrogen) atoms. The molecule has 3 unspecified atom stereocenters. The Hall–Kier alpha value is -0.970. The van der Waals surface area contributed by atoms with E-state index < -0.39 is 56.3 Å². The zero-order valence-electron chi connectivity index (χ0n) is 17.1. The second kappa shape index (κ2) is 6.76. The van der Waals surface area contributed by atoms with Gasteiger partial charge in [-0.25, -0.2) is 0 Å². The molecule has 11 heteroatoms. The number of rotatable bonds is 6. The van der Waals surface area contributed by atoms with Crippen molar-refractivity contribution < 1.29 is 44.5 Å². The van der Waals surface area contributed by atoms with E-state index in [-0.39, 0.29) is 37.5 Å². The lowest BCUT2D eigenvalue weighted by molar-refractivity contribution is -0.296. The van der Waals surface area contributed by atoms with Gasteiger partial charge in [0.1, 0.15) is 11.5 Å². The van der Waals surface area contributed by atoms with Crippen molar-refractivity contribution in [2.75, 3.05) is 0 Å². The van der Waals surface area contributed by atoms with Crippen LogP contribution in [0.5, 0.6) is 0 Å². The number of esters is 1. The average Bonchev–Trinajstić information content (AvgIpc) is 2.49. The molecule has 174 valence electrons. The van der Waals surface area contributed by atoms with Crippen molar-refractivity contribution in [2.24, 2.45) is 28.6 Å². The zero-order chi connectivity index (χ0) is 23.0. The fraction of sp³-hybridized carbons (Fsp3) is 0.947. The van der Waals surface area contributed by atoms with Crippen LogP contribution in [-0.2, 0) is 19.6 Å². The molecule has 0 aromatic carbocycles. The predicted octanol–water partition coefficient (Wildman–Crippen LogP) is 4.96. The number of hydrogen-bond donors (Lipinski definition) is 1. The van der Waals surface area contributed by atoms with Crippen LogP contribution >= 0.6 is 0 Å². The lowest BCUT2D eigenvalue weighted by atomic mass is 9.44. The van der Waals surface area contributed by atoms with Gasteiger partial charge in [0.05, 0.1) is 5.41 Å². The summed E-state index contributed by atoms with van der Waals surface area (Å²) in [6.45, 7) is 5.03. The van der Waals surface area contributed by atoms with Gasteiger partial charge in [0.25, 0.3) is 0 Å². The molecule has 0 aliphatic heterocycles. The summed E-state index contributed by atoms with van der Waals surface area (Å²) in [6, 6.07) is 0. The lowest BCUT2D eigenvalue weighted by Gasteiger charge is -2.63. The molecule has 4 saturated carbocycles.